The summed E-state index contributed by atoms with van der Waals surface area (Å²) < 4.78 is 11.5. The maximum Gasteiger partial charge on any atom is 0.309 e. The molecule has 162 valence electrons. The summed E-state index contributed by atoms with van der Waals surface area (Å²) in [4.78, 5) is 24.6. The van der Waals surface area contributed by atoms with Gasteiger partial charge in [-0.2, -0.15) is 0 Å². The van der Waals surface area contributed by atoms with Gasteiger partial charge in [-0.05, 0) is 50.3 Å². The molecule has 0 amide bonds. The molecule has 0 aliphatic heterocycles. The second-order valence-corrected chi connectivity index (χ2v) is 8.52. The zero-order chi connectivity index (χ0) is 22.4. The molecule has 0 heterocycles. The van der Waals surface area contributed by atoms with E-state index in [-0.39, 0.29) is 17.9 Å². The van der Waals surface area contributed by atoms with Crippen LogP contribution in [0.3, 0.4) is 0 Å². The van der Waals surface area contributed by atoms with Gasteiger partial charge < -0.3 is 9.47 Å². The second kappa shape index (κ2) is 9.92. The molecule has 0 aromatic heterocycles. The van der Waals surface area contributed by atoms with Crippen LogP contribution in [0.2, 0.25) is 0 Å². The van der Waals surface area contributed by atoms with Gasteiger partial charge in [0.2, 0.25) is 0 Å². The fraction of sp³-hybridized carbons (Fsp3) is 0.462. The van der Waals surface area contributed by atoms with Crippen LogP contribution in [0.4, 0.5) is 0 Å². The van der Waals surface area contributed by atoms with E-state index >= 15 is 0 Å². The lowest BCUT2D eigenvalue weighted by Gasteiger charge is -2.30. The van der Waals surface area contributed by atoms with Gasteiger partial charge in [0.05, 0.1) is 5.92 Å². The van der Waals surface area contributed by atoms with E-state index < -0.39 is 11.2 Å². The summed E-state index contributed by atoms with van der Waals surface area (Å²) in [6.07, 6.45) is 1.59. The van der Waals surface area contributed by atoms with Crippen molar-refractivity contribution in [3.8, 4) is 0 Å². The Morgan fingerprint density at radius 3 is 2.13 bits per heavy atom. The number of rotatable bonds is 9. The average molecular weight is 411 g/mol. The molecule has 0 saturated heterocycles. The fourth-order valence-corrected chi connectivity index (χ4v) is 3.37. The Hall–Kier alpha value is -2.62. The predicted molar refractivity (Wildman–Crippen MR) is 119 cm³/mol. The normalized spacial score (nSPS) is 14.5. The van der Waals surface area contributed by atoms with Crippen molar-refractivity contribution in [1.82, 2.24) is 0 Å². The third-order valence-electron chi connectivity index (χ3n) is 5.61. The zero-order valence-electron chi connectivity index (χ0n) is 19.0. The zero-order valence-corrected chi connectivity index (χ0v) is 19.0. The van der Waals surface area contributed by atoms with Gasteiger partial charge in [0.25, 0.3) is 0 Å². The Kier molecular flexibility index (Phi) is 7.83. The lowest BCUT2D eigenvalue weighted by atomic mass is 9.91. The summed E-state index contributed by atoms with van der Waals surface area (Å²) in [6, 6.07) is 17.7. The predicted octanol–water partition coefficient (Wildman–Crippen LogP) is 5.92. The molecule has 4 nitrogen and oxygen atoms in total. The highest BCUT2D eigenvalue weighted by Gasteiger charge is 2.31. The highest BCUT2D eigenvalue weighted by atomic mass is 16.6. The van der Waals surface area contributed by atoms with Crippen molar-refractivity contribution in [2.45, 2.75) is 72.0 Å². The van der Waals surface area contributed by atoms with Crippen LogP contribution in [0, 0.1) is 5.92 Å². The lowest BCUT2D eigenvalue weighted by molar-refractivity contribution is -0.164. The van der Waals surface area contributed by atoms with Gasteiger partial charge in [-0.3, -0.25) is 9.59 Å². The molecule has 30 heavy (non-hydrogen) atoms. The van der Waals surface area contributed by atoms with Crippen molar-refractivity contribution in [2.24, 2.45) is 5.92 Å². The summed E-state index contributed by atoms with van der Waals surface area (Å²) in [5, 5.41) is 0. The van der Waals surface area contributed by atoms with Crippen LogP contribution in [-0.2, 0) is 36.7 Å². The topological polar surface area (TPSA) is 52.6 Å². The minimum Gasteiger partial charge on any atom is -0.455 e. The van der Waals surface area contributed by atoms with Crippen molar-refractivity contribution in [1.29, 1.82) is 0 Å². The first-order valence-electron chi connectivity index (χ1n) is 10.7. The van der Waals surface area contributed by atoms with Gasteiger partial charge >= 0.3 is 11.9 Å². The molecule has 0 radical (unpaired) electrons. The molecular formula is C26H34O4. The van der Waals surface area contributed by atoms with E-state index in [2.05, 4.69) is 0 Å². The van der Waals surface area contributed by atoms with Crippen LogP contribution in [0.15, 0.2) is 54.6 Å². The Labute approximate surface area is 180 Å². The van der Waals surface area contributed by atoms with Crippen LogP contribution in [-0.4, -0.2) is 11.9 Å². The molecule has 0 saturated carbocycles. The number of carbonyl (C=O) groups is 2. The van der Waals surface area contributed by atoms with Gasteiger partial charge in [-0.15, -0.1) is 0 Å². The first-order chi connectivity index (χ1) is 14.1. The summed E-state index contributed by atoms with van der Waals surface area (Å²) in [7, 11) is 0. The minimum atomic E-state index is -0.721. The monoisotopic (exact) mass is 410 g/mol. The Balaban J connectivity index is 2.11. The molecule has 0 bridgehead atoms. The van der Waals surface area contributed by atoms with Crippen LogP contribution < -0.4 is 0 Å². The smallest absolute Gasteiger partial charge is 0.309 e. The molecule has 0 aliphatic rings. The first-order valence-corrected chi connectivity index (χ1v) is 10.7. The van der Waals surface area contributed by atoms with Crippen LogP contribution >= 0.6 is 0 Å². The highest BCUT2D eigenvalue weighted by molar-refractivity contribution is 5.73. The van der Waals surface area contributed by atoms with E-state index in [4.69, 9.17) is 9.47 Å². The highest BCUT2D eigenvalue weighted by Crippen LogP contribution is 2.31. The van der Waals surface area contributed by atoms with Crippen molar-refractivity contribution in [3.63, 3.8) is 0 Å². The van der Waals surface area contributed by atoms with Gasteiger partial charge in [-0.25, -0.2) is 0 Å². The van der Waals surface area contributed by atoms with E-state index in [1.165, 1.54) is 0 Å². The fourth-order valence-electron chi connectivity index (χ4n) is 3.37. The van der Waals surface area contributed by atoms with Crippen molar-refractivity contribution >= 4 is 11.9 Å². The number of esters is 2. The standard InChI is InChI=1S/C26H34O4/c1-7-23(27)29-25(4,5)22-16-12-13-20(18-22)17-19(3)24(28)30-26(6,8-2)21-14-10-9-11-15-21/h9-16,18-19H,7-8,17H2,1-6H3. The van der Waals surface area contributed by atoms with Crippen molar-refractivity contribution in [3.05, 3.63) is 71.3 Å². The van der Waals surface area contributed by atoms with Crippen molar-refractivity contribution in [2.75, 3.05) is 0 Å². The third kappa shape index (κ3) is 5.94. The van der Waals surface area contributed by atoms with Gasteiger partial charge in [0, 0.05) is 6.42 Å². The van der Waals surface area contributed by atoms with Crippen LogP contribution in [0.25, 0.3) is 0 Å². The molecule has 0 fully saturated rings. The number of hydrogen-bond acceptors (Lipinski definition) is 4. The van der Waals surface area contributed by atoms with Crippen LogP contribution in [0.1, 0.15) is 71.1 Å². The summed E-state index contributed by atoms with van der Waals surface area (Å²) in [6.45, 7) is 11.4. The van der Waals surface area contributed by atoms with E-state index in [1.807, 2.05) is 89.2 Å². The van der Waals surface area contributed by atoms with E-state index in [0.717, 1.165) is 16.7 Å². The van der Waals surface area contributed by atoms with Gasteiger partial charge in [0.1, 0.15) is 11.2 Å². The molecule has 2 atom stereocenters. The number of carbonyl (C=O) groups excluding carboxylic acids is 2. The molecule has 2 rings (SSSR count). The quantitative estimate of drug-likeness (QED) is 0.481. The van der Waals surface area contributed by atoms with Gasteiger partial charge in [0.15, 0.2) is 0 Å². The second-order valence-electron chi connectivity index (χ2n) is 8.52. The first kappa shape index (κ1) is 23.7. The summed E-state index contributed by atoms with van der Waals surface area (Å²) >= 11 is 0. The van der Waals surface area contributed by atoms with Gasteiger partial charge in [-0.1, -0.05) is 75.4 Å². The molecule has 0 N–H and O–H groups in total. The van der Waals surface area contributed by atoms with E-state index in [1.54, 1.807) is 6.92 Å². The lowest BCUT2D eigenvalue weighted by Crippen LogP contribution is -2.31. The number of ether oxygens (including phenoxy) is 2. The minimum absolute atomic E-state index is 0.217. The van der Waals surface area contributed by atoms with E-state index in [9.17, 15) is 9.59 Å². The molecular weight excluding hydrogens is 376 g/mol. The van der Waals surface area contributed by atoms with E-state index in [0.29, 0.717) is 19.3 Å². The summed E-state index contributed by atoms with van der Waals surface area (Å²) in [5.41, 5.74) is 1.54. The molecule has 2 unspecified atom stereocenters. The molecule has 0 spiro atoms. The maximum atomic E-state index is 12.9. The SMILES string of the molecule is CCC(=O)OC(C)(C)c1cccc(CC(C)C(=O)OC(C)(CC)c2ccccc2)c1. The Morgan fingerprint density at radius 2 is 1.53 bits per heavy atom. The van der Waals surface area contributed by atoms with Crippen LogP contribution in [0.5, 0.6) is 0 Å². The Morgan fingerprint density at radius 1 is 0.900 bits per heavy atom. The Bertz CT molecular complexity index is 856. The number of benzene rings is 2. The third-order valence-corrected chi connectivity index (χ3v) is 5.61. The molecule has 0 aliphatic carbocycles. The maximum absolute atomic E-state index is 12.9. The summed E-state index contributed by atoms with van der Waals surface area (Å²) in [5.74, 6) is -0.747. The molecule has 2 aromatic rings. The van der Waals surface area contributed by atoms with Crippen molar-refractivity contribution < 1.29 is 19.1 Å². The molecule has 4 heteroatoms. The average Bonchev–Trinajstić information content (AvgIpc) is 2.74. The molecule has 2 aromatic carbocycles. The largest absolute Gasteiger partial charge is 0.455 e. The number of hydrogen-bond donors (Lipinski definition) is 0.